The molecule has 132 valence electrons. The van der Waals surface area contributed by atoms with Crippen LogP contribution in [0, 0.1) is 5.41 Å². The van der Waals surface area contributed by atoms with Gasteiger partial charge in [0, 0.05) is 42.0 Å². The van der Waals surface area contributed by atoms with Gasteiger partial charge in [0.15, 0.2) is 5.96 Å². The molecule has 0 bridgehead atoms. The number of halogens is 2. The predicted molar refractivity (Wildman–Crippen MR) is 113 cm³/mol. The van der Waals surface area contributed by atoms with E-state index in [0.717, 1.165) is 36.5 Å². The first-order chi connectivity index (χ1) is 10.7. The van der Waals surface area contributed by atoms with E-state index in [4.69, 9.17) is 4.74 Å². The molecule has 1 saturated carbocycles. The zero-order valence-electron chi connectivity index (χ0n) is 13.9. The van der Waals surface area contributed by atoms with Gasteiger partial charge < -0.3 is 15.4 Å². The molecule has 7 heteroatoms. The molecule has 2 N–H and O–H groups in total. The first kappa shape index (κ1) is 21.2. The summed E-state index contributed by atoms with van der Waals surface area (Å²) in [6.45, 7) is 2.63. The summed E-state index contributed by atoms with van der Waals surface area (Å²) in [4.78, 5) is 5.63. The van der Waals surface area contributed by atoms with Crippen LogP contribution < -0.4 is 10.6 Å². The summed E-state index contributed by atoms with van der Waals surface area (Å²) >= 11 is 5.23. The van der Waals surface area contributed by atoms with Gasteiger partial charge in [-0.1, -0.05) is 12.8 Å². The molecule has 1 aliphatic carbocycles. The average Bonchev–Trinajstić information content (AvgIpc) is 3.15. The minimum absolute atomic E-state index is 0. The van der Waals surface area contributed by atoms with Crippen molar-refractivity contribution >= 4 is 57.2 Å². The van der Waals surface area contributed by atoms with Crippen LogP contribution in [0.2, 0.25) is 0 Å². The fraction of sp³-hybridized carbons (Fsp3) is 0.688. The zero-order chi connectivity index (χ0) is 15.8. The molecule has 0 aliphatic heterocycles. The highest BCUT2D eigenvalue weighted by Gasteiger charge is 2.33. The smallest absolute Gasteiger partial charge is 0.191 e. The first-order valence-corrected chi connectivity index (χ1v) is 9.51. The maximum absolute atomic E-state index is 5.29. The normalized spacial score (nSPS) is 16.9. The number of ether oxygens (including phenoxy) is 1. The third-order valence-electron chi connectivity index (χ3n) is 4.41. The molecule has 1 heterocycles. The van der Waals surface area contributed by atoms with E-state index in [0.29, 0.717) is 5.41 Å². The summed E-state index contributed by atoms with van der Waals surface area (Å²) in [6.07, 6.45) is 6.38. The molecule has 4 nitrogen and oxygen atoms in total. The monoisotopic (exact) mass is 515 g/mol. The third kappa shape index (κ3) is 6.88. The van der Waals surface area contributed by atoms with Crippen molar-refractivity contribution in [3.8, 4) is 0 Å². The fourth-order valence-corrected chi connectivity index (χ4v) is 4.46. The maximum Gasteiger partial charge on any atom is 0.191 e. The lowest BCUT2D eigenvalue weighted by atomic mass is 9.83. The standard InChI is InChI=1S/C16H26BrN3OS.HI/c1-18-15(19-10-14-9-13(17)11-22-14)20-12-16(7-8-21-2)5-3-4-6-16;/h9,11H,3-8,10,12H2,1-2H3,(H2,18,19,20);1H. The van der Waals surface area contributed by atoms with E-state index < -0.39 is 0 Å². The van der Waals surface area contributed by atoms with Crippen LogP contribution in [0.5, 0.6) is 0 Å². The van der Waals surface area contributed by atoms with Gasteiger partial charge in [0.2, 0.25) is 0 Å². The lowest BCUT2D eigenvalue weighted by Gasteiger charge is -2.29. The van der Waals surface area contributed by atoms with Gasteiger partial charge in [-0.15, -0.1) is 35.3 Å². The van der Waals surface area contributed by atoms with Gasteiger partial charge in [0.1, 0.15) is 0 Å². The highest BCUT2D eigenvalue weighted by atomic mass is 127. The molecule has 0 saturated heterocycles. The van der Waals surface area contributed by atoms with Gasteiger partial charge in [-0.3, -0.25) is 4.99 Å². The lowest BCUT2D eigenvalue weighted by Crippen LogP contribution is -2.43. The number of guanidine groups is 1. The molecule has 1 aromatic rings. The Labute approximate surface area is 169 Å². The molecule has 0 spiro atoms. The Hall–Kier alpha value is 0.140. The van der Waals surface area contributed by atoms with Crippen molar-refractivity contribution < 1.29 is 4.74 Å². The Morgan fingerprint density at radius 3 is 2.70 bits per heavy atom. The van der Waals surface area contributed by atoms with E-state index in [2.05, 4.69) is 43.0 Å². The van der Waals surface area contributed by atoms with E-state index in [9.17, 15) is 0 Å². The van der Waals surface area contributed by atoms with E-state index >= 15 is 0 Å². The molecule has 0 radical (unpaired) electrons. The van der Waals surface area contributed by atoms with E-state index in [1.807, 2.05) is 7.05 Å². The van der Waals surface area contributed by atoms with Gasteiger partial charge in [-0.2, -0.15) is 0 Å². The van der Waals surface area contributed by atoms with Crippen molar-refractivity contribution in [2.24, 2.45) is 10.4 Å². The largest absolute Gasteiger partial charge is 0.385 e. The molecular weight excluding hydrogens is 489 g/mol. The van der Waals surface area contributed by atoms with Crippen molar-refractivity contribution in [3.63, 3.8) is 0 Å². The van der Waals surface area contributed by atoms with E-state index in [-0.39, 0.29) is 24.0 Å². The highest BCUT2D eigenvalue weighted by molar-refractivity contribution is 14.0. The maximum atomic E-state index is 5.29. The molecule has 1 fully saturated rings. The summed E-state index contributed by atoms with van der Waals surface area (Å²) in [5, 5.41) is 9.01. The van der Waals surface area contributed by atoms with Crippen LogP contribution in [0.4, 0.5) is 0 Å². The molecule has 0 amide bonds. The fourth-order valence-electron chi connectivity index (χ4n) is 3.07. The Kier molecular flexibility index (Phi) is 10.0. The van der Waals surface area contributed by atoms with Crippen LogP contribution in [0.1, 0.15) is 37.0 Å². The summed E-state index contributed by atoms with van der Waals surface area (Å²) in [6, 6.07) is 2.14. The molecule has 1 aliphatic rings. The quantitative estimate of drug-likeness (QED) is 0.321. The summed E-state index contributed by atoms with van der Waals surface area (Å²) < 4.78 is 6.43. The minimum Gasteiger partial charge on any atom is -0.385 e. The van der Waals surface area contributed by atoms with Crippen LogP contribution in [-0.2, 0) is 11.3 Å². The van der Waals surface area contributed by atoms with Gasteiger partial charge in [-0.05, 0) is 46.7 Å². The first-order valence-electron chi connectivity index (χ1n) is 7.84. The van der Waals surface area contributed by atoms with Crippen LogP contribution in [0.3, 0.4) is 0 Å². The number of thiophene rings is 1. The van der Waals surface area contributed by atoms with Gasteiger partial charge in [0.05, 0.1) is 6.54 Å². The molecule has 0 unspecified atom stereocenters. The van der Waals surface area contributed by atoms with Crippen LogP contribution in [0.15, 0.2) is 20.9 Å². The highest BCUT2D eigenvalue weighted by Crippen LogP contribution is 2.40. The van der Waals surface area contributed by atoms with Crippen LogP contribution >= 0.6 is 51.2 Å². The van der Waals surface area contributed by atoms with Crippen molar-refractivity contribution in [2.45, 2.75) is 38.6 Å². The Morgan fingerprint density at radius 1 is 1.39 bits per heavy atom. The summed E-state index contributed by atoms with van der Waals surface area (Å²) in [5.41, 5.74) is 0.375. The predicted octanol–water partition coefficient (Wildman–Crippen LogP) is 4.39. The number of methoxy groups -OCH3 is 1. The third-order valence-corrected chi connectivity index (χ3v) is 6.10. The number of nitrogens with one attached hydrogen (secondary N) is 2. The number of hydrogen-bond acceptors (Lipinski definition) is 3. The van der Waals surface area contributed by atoms with E-state index in [1.54, 1.807) is 18.4 Å². The van der Waals surface area contributed by atoms with Crippen molar-refractivity contribution in [3.05, 3.63) is 20.8 Å². The lowest BCUT2D eigenvalue weighted by molar-refractivity contribution is 0.138. The van der Waals surface area contributed by atoms with E-state index in [1.165, 1.54) is 30.6 Å². The van der Waals surface area contributed by atoms with Gasteiger partial charge in [-0.25, -0.2) is 0 Å². The SMILES string of the molecule is CN=C(NCc1cc(Br)cs1)NCC1(CCOC)CCCC1.I. The minimum atomic E-state index is 0. The second kappa shape index (κ2) is 10.9. The molecule has 1 aromatic heterocycles. The molecular formula is C16H27BrIN3OS. The topological polar surface area (TPSA) is 45.7 Å². The number of hydrogen-bond donors (Lipinski definition) is 2. The summed E-state index contributed by atoms with van der Waals surface area (Å²) in [5.74, 6) is 0.883. The second-order valence-corrected chi connectivity index (χ2v) is 7.87. The Balaban J connectivity index is 0.00000264. The average molecular weight is 516 g/mol. The number of rotatable bonds is 7. The number of nitrogens with zero attached hydrogens (tertiary/aromatic N) is 1. The van der Waals surface area contributed by atoms with Crippen LogP contribution in [0.25, 0.3) is 0 Å². The Morgan fingerprint density at radius 2 is 2.13 bits per heavy atom. The second-order valence-electron chi connectivity index (χ2n) is 5.96. The van der Waals surface area contributed by atoms with Crippen molar-refractivity contribution in [2.75, 3.05) is 27.3 Å². The summed E-state index contributed by atoms with van der Waals surface area (Å²) in [7, 11) is 3.62. The van der Waals surface area contributed by atoms with Gasteiger partial charge >= 0.3 is 0 Å². The molecule has 0 atom stereocenters. The van der Waals surface area contributed by atoms with Crippen molar-refractivity contribution in [1.29, 1.82) is 0 Å². The molecule has 2 rings (SSSR count). The zero-order valence-corrected chi connectivity index (χ0v) is 18.6. The molecule has 0 aromatic carbocycles. The van der Waals surface area contributed by atoms with Crippen LogP contribution in [-0.4, -0.2) is 33.3 Å². The molecule has 23 heavy (non-hydrogen) atoms. The number of aliphatic imine (C=N–C) groups is 1. The Bertz CT molecular complexity index is 489. The van der Waals surface area contributed by atoms with Gasteiger partial charge in [0.25, 0.3) is 0 Å². The van der Waals surface area contributed by atoms with Crippen molar-refractivity contribution in [1.82, 2.24) is 10.6 Å².